The first-order valence-corrected chi connectivity index (χ1v) is 8.18. The molecule has 0 bridgehead atoms. The van der Waals surface area contributed by atoms with E-state index in [1.807, 2.05) is 0 Å². The Kier molecular flexibility index (Phi) is 12.7. The van der Waals surface area contributed by atoms with Crippen LogP contribution in [0.25, 0.3) is 0 Å². The first kappa shape index (κ1) is 32.6. The van der Waals surface area contributed by atoms with E-state index in [-0.39, 0.29) is 23.7 Å². The predicted octanol–water partition coefficient (Wildman–Crippen LogP) is 0.801. The Labute approximate surface area is 149 Å². The zero-order chi connectivity index (χ0) is 21.0. The van der Waals surface area contributed by atoms with Crippen LogP contribution in [0.1, 0.15) is 0 Å². The smallest absolute Gasteiger partial charge is 0.279 e. The van der Waals surface area contributed by atoms with Crippen molar-refractivity contribution < 1.29 is 78.4 Å². The van der Waals surface area contributed by atoms with E-state index in [1.165, 1.54) is 0 Å². The number of alkyl halides is 9. The molecule has 0 aliphatic heterocycles. The van der Waals surface area contributed by atoms with E-state index in [4.69, 9.17) is 38.9 Å². The minimum absolute atomic E-state index is 0. The van der Waals surface area contributed by atoms with Gasteiger partial charge in [0, 0.05) is 0 Å². The van der Waals surface area contributed by atoms with Gasteiger partial charge in [-0.1, -0.05) is 0 Å². The van der Waals surface area contributed by atoms with Gasteiger partial charge < -0.3 is 0 Å². The monoisotopic (exact) mass is 580 g/mol. The Hall–Kier alpha value is -0.110. The molecule has 0 aliphatic rings. The first-order chi connectivity index (χ1) is 9.75. The molecule has 0 saturated heterocycles. The molecule has 155 valence electrons. The molecule has 0 aliphatic carbocycles. The SMILES string of the molecule is O=S(=O)(O)C(F)(F)F.O=S(=O)(O)C(F)(F)F.O=S(=O)(O)C(F)(F)F.[Te+]. The van der Waals surface area contributed by atoms with Crippen molar-refractivity contribution in [3.8, 4) is 0 Å². The van der Waals surface area contributed by atoms with E-state index >= 15 is 0 Å². The van der Waals surface area contributed by atoms with Crippen molar-refractivity contribution in [3.05, 3.63) is 0 Å². The van der Waals surface area contributed by atoms with Crippen molar-refractivity contribution >= 4 is 54.0 Å². The third-order valence-corrected chi connectivity index (χ3v) is 2.63. The molecular weight excluding hydrogens is 575 g/mol. The van der Waals surface area contributed by atoms with Gasteiger partial charge in [-0.2, -0.15) is 64.8 Å². The largest absolute Gasteiger partial charge is 1.00 e. The standard InChI is InChI=1S/3CHF3O3S.Te/c3*2-1(3,4)8(5,6)7;/h3*(H,5,6,7);/q;;;+1. The van der Waals surface area contributed by atoms with Crippen LogP contribution in [0.5, 0.6) is 0 Å². The molecule has 0 aromatic rings. The second kappa shape index (κ2) is 9.72. The van der Waals surface area contributed by atoms with Crippen LogP contribution in [0, 0.1) is 0 Å². The van der Waals surface area contributed by atoms with E-state index in [1.54, 1.807) is 0 Å². The van der Waals surface area contributed by atoms with Gasteiger partial charge in [-0.15, -0.1) is 0 Å². The van der Waals surface area contributed by atoms with Crippen molar-refractivity contribution in [3.63, 3.8) is 0 Å². The van der Waals surface area contributed by atoms with Crippen LogP contribution in [0.2, 0.25) is 0 Å². The summed E-state index contributed by atoms with van der Waals surface area (Å²) in [7, 11) is -17.5. The molecule has 0 aromatic heterocycles. The van der Waals surface area contributed by atoms with Crippen molar-refractivity contribution in [2.45, 2.75) is 16.5 Å². The Morgan fingerprint density at radius 2 is 0.480 bits per heavy atom. The van der Waals surface area contributed by atoms with E-state index in [2.05, 4.69) is 0 Å². The minimum atomic E-state index is -5.84. The summed E-state index contributed by atoms with van der Waals surface area (Å²) in [6.07, 6.45) is 0. The quantitative estimate of drug-likeness (QED) is 0.164. The molecule has 0 heterocycles. The van der Waals surface area contributed by atoms with Gasteiger partial charge in [0.2, 0.25) is 0 Å². The van der Waals surface area contributed by atoms with Crippen molar-refractivity contribution in [1.82, 2.24) is 0 Å². The zero-order valence-electron chi connectivity index (χ0n) is 10.3. The molecule has 0 fully saturated rings. The molecule has 22 heteroatoms. The van der Waals surface area contributed by atoms with Crippen molar-refractivity contribution in [1.29, 1.82) is 0 Å². The molecule has 0 rings (SSSR count). The first-order valence-electron chi connectivity index (χ1n) is 3.86. The molecule has 0 unspecified atom stereocenters. The van der Waals surface area contributed by atoms with Gasteiger partial charge in [-0.3, -0.25) is 13.7 Å². The molecule has 25 heavy (non-hydrogen) atoms. The van der Waals surface area contributed by atoms with E-state index in [0.29, 0.717) is 0 Å². The van der Waals surface area contributed by atoms with Crippen LogP contribution in [0.3, 0.4) is 0 Å². The number of rotatable bonds is 0. The molecule has 0 spiro atoms. The Bertz CT molecular complexity index is 596. The fourth-order valence-electron chi connectivity index (χ4n) is 0. The van der Waals surface area contributed by atoms with Crippen molar-refractivity contribution in [2.75, 3.05) is 0 Å². The Morgan fingerprint density at radius 3 is 0.480 bits per heavy atom. The summed E-state index contributed by atoms with van der Waals surface area (Å²) in [5.41, 5.74) is -16.6. The maximum atomic E-state index is 10.7. The van der Waals surface area contributed by atoms with Crippen molar-refractivity contribution in [2.24, 2.45) is 0 Å². The second-order valence-electron chi connectivity index (χ2n) is 2.76. The van der Waals surface area contributed by atoms with Crippen LogP contribution in [0.4, 0.5) is 39.5 Å². The molecule has 3 radical (unpaired) electrons. The average molecular weight is 578 g/mol. The summed E-state index contributed by atoms with van der Waals surface area (Å²) in [4.78, 5) is 0. The van der Waals surface area contributed by atoms with Gasteiger partial charge in [0.25, 0.3) is 0 Å². The molecule has 0 atom stereocenters. The van der Waals surface area contributed by atoms with Gasteiger partial charge in [-0.05, 0) is 0 Å². The van der Waals surface area contributed by atoms with Gasteiger partial charge in [0.05, 0.1) is 0 Å². The summed E-state index contributed by atoms with van der Waals surface area (Å²) < 4.78 is 173. The Morgan fingerprint density at radius 1 is 0.440 bits per heavy atom. The summed E-state index contributed by atoms with van der Waals surface area (Å²) >= 11 is 0. The third kappa shape index (κ3) is 15.8. The number of hydrogen-bond donors (Lipinski definition) is 3. The maximum absolute atomic E-state index is 10.7. The van der Waals surface area contributed by atoms with Crippen LogP contribution >= 0.6 is 0 Å². The number of hydrogen-bond acceptors (Lipinski definition) is 6. The maximum Gasteiger partial charge on any atom is 1.00 e. The van der Waals surface area contributed by atoms with Crippen LogP contribution in [-0.4, -0.2) is 79.1 Å². The fourth-order valence-corrected chi connectivity index (χ4v) is 0. The van der Waals surface area contributed by atoms with Crippen LogP contribution in [-0.2, 0) is 30.4 Å². The van der Waals surface area contributed by atoms with E-state index in [0.717, 1.165) is 0 Å². The van der Waals surface area contributed by atoms with Crippen LogP contribution < -0.4 is 0 Å². The molecule has 3 N–H and O–H groups in total. The molecular formula is C3H3F9O9S3Te+. The molecule has 0 aromatic carbocycles. The van der Waals surface area contributed by atoms with Gasteiger partial charge in [-0.25, -0.2) is 0 Å². The fraction of sp³-hybridized carbons (Fsp3) is 1.00. The summed E-state index contributed by atoms with van der Waals surface area (Å²) in [6.45, 7) is 0. The average Bonchev–Trinajstić information content (AvgIpc) is 2.08. The normalized spacial score (nSPS) is 13.4. The second-order valence-corrected chi connectivity index (χ2v) is 7.00. The summed E-state index contributed by atoms with van der Waals surface area (Å²) in [6, 6.07) is 0. The van der Waals surface area contributed by atoms with Gasteiger partial charge >= 0.3 is 70.5 Å². The molecule has 0 saturated carbocycles. The molecule has 0 amide bonds. The topological polar surface area (TPSA) is 163 Å². The Balaban J connectivity index is -0.000000130. The van der Waals surface area contributed by atoms with Crippen LogP contribution in [0.15, 0.2) is 0 Å². The zero-order valence-corrected chi connectivity index (χ0v) is 15.1. The molecule has 9 nitrogen and oxygen atoms in total. The predicted molar refractivity (Wildman–Crippen MR) is 58.6 cm³/mol. The van der Waals surface area contributed by atoms with Gasteiger partial charge in [0.1, 0.15) is 0 Å². The van der Waals surface area contributed by atoms with Gasteiger partial charge in [0.15, 0.2) is 0 Å². The summed E-state index contributed by atoms with van der Waals surface area (Å²) in [5.74, 6) is 0. The number of halogens is 9. The van der Waals surface area contributed by atoms with E-state index in [9.17, 15) is 39.5 Å². The van der Waals surface area contributed by atoms with E-state index < -0.39 is 46.9 Å². The third-order valence-electron chi connectivity index (χ3n) is 0.877. The summed E-state index contributed by atoms with van der Waals surface area (Å²) in [5, 5.41) is 0. The minimum Gasteiger partial charge on any atom is -0.279 e.